The lowest BCUT2D eigenvalue weighted by Gasteiger charge is -2.43. The molecule has 0 aliphatic carbocycles. The van der Waals surface area contributed by atoms with Crippen molar-refractivity contribution in [3.63, 3.8) is 0 Å². The molecule has 3 N–H and O–H groups in total. The largest absolute Gasteiger partial charge is 0.389 e. The highest BCUT2D eigenvalue weighted by Gasteiger charge is 2.52. The van der Waals surface area contributed by atoms with E-state index in [-0.39, 0.29) is 0 Å². The fourth-order valence-corrected chi connectivity index (χ4v) is 3.61. The van der Waals surface area contributed by atoms with Gasteiger partial charge in [-0.05, 0) is 18.5 Å². The van der Waals surface area contributed by atoms with Crippen LogP contribution in [0.5, 0.6) is 0 Å². The fraction of sp³-hybridized carbons (Fsp3) is 0.647. The molecule has 3 aliphatic rings. The molecule has 0 aromatic heterocycles. The average molecular weight is 307 g/mol. The van der Waals surface area contributed by atoms with Crippen molar-refractivity contribution in [2.75, 3.05) is 13.1 Å². The number of aliphatic hydroxyl groups is 3. The van der Waals surface area contributed by atoms with Gasteiger partial charge in [-0.1, -0.05) is 43.7 Å². The molecule has 0 spiro atoms. The maximum atomic E-state index is 10.8. The Bertz CT molecular complexity index is 483. The van der Waals surface area contributed by atoms with E-state index >= 15 is 0 Å². The number of hydrogen-bond donors (Lipinski definition) is 3. The standard InChI is InChI=1S/C17H25NO4/c1-2-3-9-18-10-12-14(19)15(20)13(18)16(21)17(22-12)11-7-5-4-6-8-11/h4-8,12-17,19-21H,2-3,9-10H2,1H3/t12-,13-,14+,15+,16?,17?/m0/s1. The van der Waals surface area contributed by atoms with Crippen molar-refractivity contribution in [2.45, 2.75) is 56.3 Å². The van der Waals surface area contributed by atoms with E-state index in [0.29, 0.717) is 6.54 Å². The Morgan fingerprint density at radius 1 is 1.09 bits per heavy atom. The second-order valence-electron chi connectivity index (χ2n) is 6.32. The lowest BCUT2D eigenvalue weighted by molar-refractivity contribution is -0.136. The van der Waals surface area contributed by atoms with E-state index in [1.54, 1.807) is 0 Å². The van der Waals surface area contributed by atoms with Gasteiger partial charge in [-0.15, -0.1) is 0 Å². The molecule has 1 aromatic carbocycles. The summed E-state index contributed by atoms with van der Waals surface area (Å²) in [5.74, 6) is 0. The van der Waals surface area contributed by atoms with Crippen molar-refractivity contribution in [1.82, 2.24) is 4.90 Å². The fourth-order valence-electron chi connectivity index (χ4n) is 3.61. The van der Waals surface area contributed by atoms with Crippen LogP contribution in [0.25, 0.3) is 0 Å². The Morgan fingerprint density at radius 3 is 2.50 bits per heavy atom. The number of unbranched alkanes of at least 4 members (excludes halogenated alkanes) is 1. The van der Waals surface area contributed by atoms with Crippen molar-refractivity contribution >= 4 is 0 Å². The molecule has 3 fully saturated rings. The monoisotopic (exact) mass is 307 g/mol. The summed E-state index contributed by atoms with van der Waals surface area (Å²) in [4.78, 5) is 2.07. The quantitative estimate of drug-likeness (QED) is 0.763. The molecule has 122 valence electrons. The van der Waals surface area contributed by atoms with Crippen molar-refractivity contribution in [3.05, 3.63) is 35.9 Å². The first-order valence-corrected chi connectivity index (χ1v) is 8.12. The summed E-state index contributed by atoms with van der Waals surface area (Å²) in [6.07, 6.45) is -1.76. The van der Waals surface area contributed by atoms with Crippen molar-refractivity contribution in [1.29, 1.82) is 0 Å². The second-order valence-corrected chi connectivity index (χ2v) is 6.32. The maximum Gasteiger partial charge on any atom is 0.111 e. The van der Waals surface area contributed by atoms with E-state index < -0.39 is 36.6 Å². The van der Waals surface area contributed by atoms with Gasteiger partial charge in [0.1, 0.15) is 24.4 Å². The Balaban J connectivity index is 1.89. The predicted molar refractivity (Wildman–Crippen MR) is 82.3 cm³/mol. The van der Waals surface area contributed by atoms with Gasteiger partial charge in [0, 0.05) is 6.54 Å². The van der Waals surface area contributed by atoms with Crippen LogP contribution in [0.1, 0.15) is 31.4 Å². The second kappa shape index (κ2) is 6.64. The van der Waals surface area contributed by atoms with Gasteiger partial charge in [-0.2, -0.15) is 0 Å². The van der Waals surface area contributed by atoms with Crippen molar-refractivity contribution in [3.8, 4) is 0 Å². The normalized spacial score (nSPS) is 38.9. The van der Waals surface area contributed by atoms with Crippen LogP contribution in [-0.4, -0.2) is 63.8 Å². The summed E-state index contributed by atoms with van der Waals surface area (Å²) in [6.45, 7) is 3.45. The Morgan fingerprint density at radius 2 is 1.82 bits per heavy atom. The van der Waals surface area contributed by atoms with Gasteiger partial charge in [0.05, 0.1) is 12.1 Å². The first-order valence-electron chi connectivity index (χ1n) is 8.12. The number of rotatable bonds is 4. The van der Waals surface area contributed by atoms with Gasteiger partial charge >= 0.3 is 0 Å². The minimum absolute atomic E-state index is 0.481. The third-order valence-electron chi connectivity index (χ3n) is 4.83. The lowest BCUT2D eigenvalue weighted by Crippen LogP contribution is -2.62. The summed E-state index contributed by atoms with van der Waals surface area (Å²) in [7, 11) is 0. The van der Waals surface area contributed by atoms with Crippen LogP contribution >= 0.6 is 0 Å². The Kier molecular flexibility index (Phi) is 4.80. The van der Waals surface area contributed by atoms with Crippen LogP contribution in [0.3, 0.4) is 0 Å². The minimum Gasteiger partial charge on any atom is -0.389 e. The number of piperidine rings is 1. The number of nitrogens with zero attached hydrogens (tertiary/aromatic N) is 1. The molecular formula is C17H25NO4. The number of hydrogen-bond acceptors (Lipinski definition) is 5. The van der Waals surface area contributed by atoms with Crippen LogP contribution in [-0.2, 0) is 4.74 Å². The van der Waals surface area contributed by atoms with Gasteiger partial charge in [0.2, 0.25) is 0 Å². The van der Waals surface area contributed by atoms with Gasteiger partial charge in [-0.3, -0.25) is 4.90 Å². The molecule has 2 unspecified atom stereocenters. The zero-order valence-corrected chi connectivity index (χ0v) is 12.9. The molecule has 5 nitrogen and oxygen atoms in total. The summed E-state index contributed by atoms with van der Waals surface area (Å²) >= 11 is 0. The van der Waals surface area contributed by atoms with Crippen molar-refractivity contribution in [2.24, 2.45) is 0 Å². The Hall–Kier alpha value is -0.980. The van der Waals surface area contributed by atoms with E-state index in [0.717, 1.165) is 24.9 Å². The molecule has 22 heavy (non-hydrogen) atoms. The van der Waals surface area contributed by atoms with E-state index in [9.17, 15) is 15.3 Å². The molecule has 3 aliphatic heterocycles. The molecule has 1 aromatic rings. The highest BCUT2D eigenvalue weighted by Crippen LogP contribution is 2.37. The van der Waals surface area contributed by atoms with E-state index in [1.165, 1.54) is 0 Å². The molecule has 4 rings (SSSR count). The van der Waals surface area contributed by atoms with Gasteiger partial charge in [0.15, 0.2) is 0 Å². The van der Waals surface area contributed by atoms with E-state index in [1.807, 2.05) is 30.3 Å². The molecule has 0 saturated carbocycles. The zero-order valence-electron chi connectivity index (χ0n) is 12.9. The molecule has 5 heteroatoms. The third-order valence-corrected chi connectivity index (χ3v) is 4.83. The predicted octanol–water partition coefficient (Wildman–Crippen LogP) is 0.693. The average Bonchev–Trinajstić information content (AvgIpc) is 2.73. The smallest absolute Gasteiger partial charge is 0.111 e. The molecule has 3 heterocycles. The molecule has 2 bridgehead atoms. The summed E-state index contributed by atoms with van der Waals surface area (Å²) in [6, 6.07) is 9.05. The molecule has 0 radical (unpaired) electrons. The molecular weight excluding hydrogens is 282 g/mol. The molecule has 3 saturated heterocycles. The number of benzene rings is 1. The topological polar surface area (TPSA) is 73.2 Å². The summed E-state index contributed by atoms with van der Waals surface area (Å²) in [5, 5.41) is 31.5. The van der Waals surface area contributed by atoms with E-state index in [4.69, 9.17) is 4.74 Å². The number of ether oxygens (including phenoxy) is 1. The van der Waals surface area contributed by atoms with E-state index in [2.05, 4.69) is 11.8 Å². The first-order chi connectivity index (χ1) is 10.6. The summed E-state index contributed by atoms with van der Waals surface area (Å²) in [5.41, 5.74) is 0.878. The number of aliphatic hydroxyl groups excluding tert-OH is 3. The van der Waals surface area contributed by atoms with Crippen LogP contribution in [0, 0.1) is 0 Å². The first kappa shape index (κ1) is 15.9. The molecule has 6 atom stereocenters. The van der Waals surface area contributed by atoms with Crippen LogP contribution in [0.4, 0.5) is 0 Å². The maximum absolute atomic E-state index is 10.8. The number of fused-ring (bicyclic) bond motifs is 4. The third kappa shape index (κ3) is 2.79. The minimum atomic E-state index is -0.987. The zero-order chi connectivity index (χ0) is 15.7. The highest BCUT2D eigenvalue weighted by molar-refractivity contribution is 5.21. The summed E-state index contributed by atoms with van der Waals surface area (Å²) < 4.78 is 5.99. The SMILES string of the molecule is CCCCN1C[C@@H]2OC(c3ccccc3)C(O)[C@@H]1[C@@H](O)[C@@H]2O. The lowest BCUT2D eigenvalue weighted by atomic mass is 9.89. The Labute approximate surface area is 131 Å². The van der Waals surface area contributed by atoms with Crippen LogP contribution in [0.2, 0.25) is 0 Å². The van der Waals surface area contributed by atoms with Crippen LogP contribution in [0.15, 0.2) is 30.3 Å². The van der Waals surface area contributed by atoms with Gasteiger partial charge in [-0.25, -0.2) is 0 Å². The van der Waals surface area contributed by atoms with Crippen molar-refractivity contribution < 1.29 is 20.1 Å². The van der Waals surface area contributed by atoms with Crippen LogP contribution < -0.4 is 0 Å². The van der Waals surface area contributed by atoms with Gasteiger partial charge < -0.3 is 20.1 Å². The highest BCUT2D eigenvalue weighted by atomic mass is 16.5. The van der Waals surface area contributed by atoms with Gasteiger partial charge in [0.25, 0.3) is 0 Å². The molecule has 0 amide bonds.